The standard InChI is InChI=1S/C30H27NO5/c32-29(25-14-8-3-9-15-25)31-26(30(33)34)18-24-16-17-27(35-20-22-10-4-1-5-11-22)28(19-24)36-21-23-12-6-2-7-13-23/h1-17,19,26H,18,20-21H2,(H,31,32)(H,33,34)/t26-/m1/s1. The summed E-state index contributed by atoms with van der Waals surface area (Å²) in [5.74, 6) is -0.494. The van der Waals surface area contributed by atoms with Crippen LogP contribution in [0, 0.1) is 0 Å². The first kappa shape index (κ1) is 24.5. The first-order valence-corrected chi connectivity index (χ1v) is 11.6. The molecule has 0 radical (unpaired) electrons. The first-order valence-electron chi connectivity index (χ1n) is 11.6. The molecular formula is C30H27NO5. The van der Waals surface area contributed by atoms with E-state index in [4.69, 9.17) is 9.47 Å². The summed E-state index contributed by atoms with van der Waals surface area (Å²) < 4.78 is 12.1. The third-order valence-corrected chi connectivity index (χ3v) is 5.56. The summed E-state index contributed by atoms with van der Waals surface area (Å²) in [6.45, 7) is 0.700. The molecule has 2 N–H and O–H groups in total. The van der Waals surface area contributed by atoms with Crippen LogP contribution in [-0.4, -0.2) is 23.0 Å². The van der Waals surface area contributed by atoms with Crippen molar-refractivity contribution in [2.45, 2.75) is 25.7 Å². The molecule has 4 aromatic carbocycles. The average molecular weight is 482 g/mol. The molecule has 0 heterocycles. The summed E-state index contributed by atoms with van der Waals surface area (Å²) in [4.78, 5) is 24.5. The van der Waals surface area contributed by atoms with Crippen molar-refractivity contribution in [2.75, 3.05) is 0 Å². The van der Waals surface area contributed by atoms with Gasteiger partial charge in [0.1, 0.15) is 19.3 Å². The predicted molar refractivity (Wildman–Crippen MR) is 137 cm³/mol. The second kappa shape index (κ2) is 12.2. The average Bonchev–Trinajstić information content (AvgIpc) is 2.92. The molecule has 1 atom stereocenters. The maximum Gasteiger partial charge on any atom is 0.326 e. The number of amides is 1. The molecule has 6 heteroatoms. The Morgan fingerprint density at radius 2 is 1.19 bits per heavy atom. The molecule has 0 bridgehead atoms. The van der Waals surface area contributed by atoms with E-state index in [-0.39, 0.29) is 6.42 Å². The van der Waals surface area contributed by atoms with Crippen LogP contribution in [0.3, 0.4) is 0 Å². The van der Waals surface area contributed by atoms with E-state index in [2.05, 4.69) is 5.32 Å². The Morgan fingerprint density at radius 3 is 1.75 bits per heavy atom. The summed E-state index contributed by atoms with van der Waals surface area (Å²) in [5, 5.41) is 12.4. The van der Waals surface area contributed by atoms with Crippen LogP contribution in [0.25, 0.3) is 0 Å². The monoisotopic (exact) mass is 481 g/mol. The van der Waals surface area contributed by atoms with Crippen molar-refractivity contribution in [3.05, 3.63) is 131 Å². The molecule has 36 heavy (non-hydrogen) atoms. The molecule has 0 aliphatic carbocycles. The van der Waals surface area contributed by atoms with Gasteiger partial charge in [0.25, 0.3) is 5.91 Å². The first-order chi connectivity index (χ1) is 17.6. The molecule has 0 aliphatic rings. The number of ether oxygens (including phenoxy) is 2. The van der Waals surface area contributed by atoms with E-state index >= 15 is 0 Å². The molecule has 0 fully saturated rings. The van der Waals surface area contributed by atoms with E-state index in [9.17, 15) is 14.7 Å². The molecule has 4 aromatic rings. The molecule has 0 spiro atoms. The Balaban J connectivity index is 1.51. The predicted octanol–water partition coefficient (Wildman–Crippen LogP) is 5.27. The molecule has 0 saturated carbocycles. The van der Waals surface area contributed by atoms with Crippen LogP contribution in [-0.2, 0) is 24.4 Å². The lowest BCUT2D eigenvalue weighted by molar-refractivity contribution is -0.139. The lowest BCUT2D eigenvalue weighted by Crippen LogP contribution is -2.42. The van der Waals surface area contributed by atoms with Gasteiger partial charge in [-0.1, -0.05) is 84.9 Å². The Morgan fingerprint density at radius 1 is 0.667 bits per heavy atom. The zero-order chi connectivity index (χ0) is 25.2. The zero-order valence-electron chi connectivity index (χ0n) is 19.7. The van der Waals surface area contributed by atoms with Crippen LogP contribution < -0.4 is 14.8 Å². The topological polar surface area (TPSA) is 84.9 Å². The maximum atomic E-state index is 12.5. The van der Waals surface area contributed by atoms with Gasteiger partial charge in [0, 0.05) is 12.0 Å². The van der Waals surface area contributed by atoms with Crippen molar-refractivity contribution in [3.8, 4) is 11.5 Å². The van der Waals surface area contributed by atoms with E-state index in [0.29, 0.717) is 35.8 Å². The van der Waals surface area contributed by atoms with Crippen LogP contribution in [0.5, 0.6) is 11.5 Å². The molecular weight excluding hydrogens is 454 g/mol. The summed E-state index contributed by atoms with van der Waals surface area (Å²) in [6, 6.07) is 32.3. The highest BCUT2D eigenvalue weighted by molar-refractivity contribution is 5.96. The van der Waals surface area contributed by atoms with E-state index < -0.39 is 17.9 Å². The third-order valence-electron chi connectivity index (χ3n) is 5.56. The SMILES string of the molecule is O=C(N[C@H](Cc1ccc(OCc2ccccc2)c(OCc2ccccc2)c1)C(=O)O)c1ccccc1. The van der Waals surface area contributed by atoms with Crippen molar-refractivity contribution in [1.82, 2.24) is 5.32 Å². The smallest absolute Gasteiger partial charge is 0.326 e. The van der Waals surface area contributed by atoms with E-state index in [0.717, 1.165) is 11.1 Å². The number of aliphatic carboxylic acids is 1. The lowest BCUT2D eigenvalue weighted by Gasteiger charge is -2.17. The Labute approximate surface area is 210 Å². The van der Waals surface area contributed by atoms with Gasteiger partial charge in [-0.25, -0.2) is 4.79 Å². The molecule has 4 rings (SSSR count). The number of carbonyl (C=O) groups is 2. The lowest BCUT2D eigenvalue weighted by atomic mass is 10.0. The minimum absolute atomic E-state index is 0.0918. The van der Waals surface area contributed by atoms with Gasteiger partial charge in [0.05, 0.1) is 0 Å². The van der Waals surface area contributed by atoms with Crippen molar-refractivity contribution < 1.29 is 24.2 Å². The normalized spacial score (nSPS) is 11.3. The second-order valence-electron chi connectivity index (χ2n) is 8.26. The fourth-order valence-electron chi connectivity index (χ4n) is 3.65. The molecule has 6 nitrogen and oxygen atoms in total. The Bertz CT molecular complexity index is 1280. The summed E-state index contributed by atoms with van der Waals surface area (Å²) >= 11 is 0. The van der Waals surface area contributed by atoms with Crippen LogP contribution in [0.4, 0.5) is 0 Å². The number of benzene rings is 4. The van der Waals surface area contributed by atoms with E-state index in [1.54, 1.807) is 48.5 Å². The minimum Gasteiger partial charge on any atom is -0.485 e. The number of carbonyl (C=O) groups excluding carboxylic acids is 1. The molecule has 1 amide bonds. The van der Waals surface area contributed by atoms with Gasteiger partial charge in [0.15, 0.2) is 11.5 Å². The highest BCUT2D eigenvalue weighted by atomic mass is 16.5. The van der Waals surface area contributed by atoms with Gasteiger partial charge in [-0.15, -0.1) is 0 Å². The number of nitrogens with one attached hydrogen (secondary N) is 1. The minimum atomic E-state index is -1.12. The number of rotatable bonds is 11. The van der Waals surface area contributed by atoms with Gasteiger partial charge in [-0.3, -0.25) is 4.79 Å². The summed E-state index contributed by atoms with van der Waals surface area (Å²) in [6.07, 6.45) is 0.0918. The quantitative estimate of drug-likeness (QED) is 0.305. The van der Waals surface area contributed by atoms with Gasteiger partial charge in [0.2, 0.25) is 0 Å². The molecule has 0 saturated heterocycles. The third kappa shape index (κ3) is 6.96. The van der Waals surface area contributed by atoms with Crippen LogP contribution in [0.15, 0.2) is 109 Å². The number of carboxylic acids is 1. The number of hydrogen-bond acceptors (Lipinski definition) is 4. The fourth-order valence-corrected chi connectivity index (χ4v) is 3.65. The molecule has 0 aromatic heterocycles. The van der Waals surface area contributed by atoms with Gasteiger partial charge < -0.3 is 19.9 Å². The number of carboxylic acid groups (broad SMARTS) is 1. The highest BCUT2D eigenvalue weighted by Crippen LogP contribution is 2.30. The summed E-state index contributed by atoms with van der Waals surface area (Å²) in [7, 11) is 0. The van der Waals surface area contributed by atoms with Crippen molar-refractivity contribution in [2.24, 2.45) is 0 Å². The van der Waals surface area contributed by atoms with Crippen molar-refractivity contribution in [1.29, 1.82) is 0 Å². The van der Waals surface area contributed by atoms with Gasteiger partial charge >= 0.3 is 5.97 Å². The fraction of sp³-hybridized carbons (Fsp3) is 0.133. The highest BCUT2D eigenvalue weighted by Gasteiger charge is 2.22. The van der Waals surface area contributed by atoms with Crippen LogP contribution in [0.2, 0.25) is 0 Å². The largest absolute Gasteiger partial charge is 0.485 e. The van der Waals surface area contributed by atoms with Gasteiger partial charge in [-0.2, -0.15) is 0 Å². The van der Waals surface area contributed by atoms with Gasteiger partial charge in [-0.05, 0) is 41.0 Å². The van der Waals surface area contributed by atoms with Crippen LogP contribution in [0.1, 0.15) is 27.0 Å². The zero-order valence-corrected chi connectivity index (χ0v) is 19.7. The van der Waals surface area contributed by atoms with E-state index in [1.807, 2.05) is 60.7 Å². The Kier molecular flexibility index (Phi) is 8.33. The van der Waals surface area contributed by atoms with E-state index in [1.165, 1.54) is 0 Å². The molecule has 0 aliphatic heterocycles. The Hall–Kier alpha value is -4.58. The molecule has 182 valence electrons. The second-order valence-corrected chi connectivity index (χ2v) is 8.26. The van der Waals surface area contributed by atoms with Crippen molar-refractivity contribution in [3.63, 3.8) is 0 Å². The van der Waals surface area contributed by atoms with Crippen LogP contribution >= 0.6 is 0 Å². The molecule has 0 unspecified atom stereocenters. The maximum absolute atomic E-state index is 12.5. The van der Waals surface area contributed by atoms with Crippen molar-refractivity contribution >= 4 is 11.9 Å². The number of hydrogen-bond donors (Lipinski definition) is 2. The summed E-state index contributed by atoms with van der Waals surface area (Å²) in [5.41, 5.74) is 3.12.